The molecular weight excluding hydrogens is 310 g/mol. The van der Waals surface area contributed by atoms with Gasteiger partial charge >= 0.3 is 0 Å². The number of benzene rings is 1. The number of hydrogen-bond acceptors (Lipinski definition) is 3. The molecule has 0 aliphatic carbocycles. The Labute approximate surface area is 122 Å². The van der Waals surface area contributed by atoms with Crippen LogP contribution >= 0.6 is 15.9 Å². The molecule has 5 heteroatoms. The largest absolute Gasteiger partial charge is 0.493 e. The van der Waals surface area contributed by atoms with Gasteiger partial charge in [0.05, 0.1) is 12.6 Å². The van der Waals surface area contributed by atoms with E-state index in [0.717, 1.165) is 15.8 Å². The molecule has 0 saturated heterocycles. The van der Waals surface area contributed by atoms with Gasteiger partial charge in [0.15, 0.2) is 0 Å². The summed E-state index contributed by atoms with van der Waals surface area (Å²) in [5, 5.41) is 11.7. The Bertz CT molecular complexity index is 423. The van der Waals surface area contributed by atoms with E-state index < -0.39 is 0 Å². The summed E-state index contributed by atoms with van der Waals surface area (Å²) in [7, 11) is 0. The second-order valence-corrected chi connectivity index (χ2v) is 5.17. The van der Waals surface area contributed by atoms with Gasteiger partial charge in [0.1, 0.15) is 5.75 Å². The van der Waals surface area contributed by atoms with Gasteiger partial charge in [0.25, 0.3) is 0 Å². The molecule has 0 radical (unpaired) electrons. The van der Waals surface area contributed by atoms with Crippen molar-refractivity contribution in [2.75, 3.05) is 13.2 Å². The van der Waals surface area contributed by atoms with Crippen LogP contribution in [0, 0.1) is 0 Å². The summed E-state index contributed by atoms with van der Waals surface area (Å²) in [6.45, 7) is 4.30. The van der Waals surface area contributed by atoms with Crippen LogP contribution in [0.1, 0.15) is 38.3 Å². The van der Waals surface area contributed by atoms with E-state index >= 15 is 0 Å². The molecule has 106 valence electrons. The summed E-state index contributed by atoms with van der Waals surface area (Å²) in [4.78, 5) is 11.4. The molecule has 1 atom stereocenters. The minimum absolute atomic E-state index is 0.0109. The van der Waals surface area contributed by atoms with E-state index in [9.17, 15) is 4.79 Å². The van der Waals surface area contributed by atoms with Crippen molar-refractivity contribution in [1.82, 2.24) is 5.32 Å². The maximum Gasteiger partial charge on any atom is 0.220 e. The highest BCUT2D eigenvalue weighted by Crippen LogP contribution is 2.28. The van der Waals surface area contributed by atoms with Gasteiger partial charge in [-0.05, 0) is 19.1 Å². The molecule has 2 N–H and O–H groups in total. The van der Waals surface area contributed by atoms with Gasteiger partial charge in [0, 0.05) is 29.5 Å². The summed E-state index contributed by atoms with van der Waals surface area (Å²) in [6.07, 6.45) is 1.04. The molecule has 0 bridgehead atoms. The Balaban J connectivity index is 2.82. The zero-order valence-electron chi connectivity index (χ0n) is 11.3. The van der Waals surface area contributed by atoms with Crippen molar-refractivity contribution in [3.8, 4) is 5.75 Å². The zero-order valence-corrected chi connectivity index (χ0v) is 12.9. The van der Waals surface area contributed by atoms with Crippen molar-refractivity contribution in [3.63, 3.8) is 0 Å². The molecule has 1 amide bonds. The number of aliphatic hydroxyl groups is 1. The van der Waals surface area contributed by atoms with E-state index in [1.807, 2.05) is 32.0 Å². The molecular formula is C14H20BrNO3. The molecule has 0 aliphatic heterocycles. The van der Waals surface area contributed by atoms with Gasteiger partial charge in [-0.25, -0.2) is 0 Å². The van der Waals surface area contributed by atoms with E-state index in [4.69, 9.17) is 9.84 Å². The minimum atomic E-state index is -0.107. The first kappa shape index (κ1) is 16.0. The third-order valence-corrected chi connectivity index (χ3v) is 3.19. The van der Waals surface area contributed by atoms with Crippen LogP contribution < -0.4 is 10.1 Å². The van der Waals surface area contributed by atoms with Gasteiger partial charge in [-0.3, -0.25) is 4.79 Å². The van der Waals surface area contributed by atoms with Crippen molar-refractivity contribution < 1.29 is 14.6 Å². The third-order valence-electron chi connectivity index (χ3n) is 2.70. The lowest BCUT2D eigenvalue weighted by atomic mass is 10.1. The summed E-state index contributed by atoms with van der Waals surface area (Å²) in [5.41, 5.74) is 0.933. The molecule has 1 aromatic carbocycles. The fraction of sp³-hybridized carbons (Fsp3) is 0.500. The van der Waals surface area contributed by atoms with Crippen molar-refractivity contribution in [2.45, 2.75) is 32.7 Å². The molecule has 0 spiro atoms. The summed E-state index contributed by atoms with van der Waals surface area (Å²) >= 11 is 3.40. The molecule has 0 fully saturated rings. The van der Waals surface area contributed by atoms with Crippen LogP contribution in [0.2, 0.25) is 0 Å². The summed E-state index contributed by atoms with van der Waals surface area (Å²) < 4.78 is 6.57. The van der Waals surface area contributed by atoms with Crippen LogP contribution in [0.15, 0.2) is 22.7 Å². The maximum absolute atomic E-state index is 11.4. The van der Waals surface area contributed by atoms with Crippen LogP contribution in [-0.2, 0) is 4.79 Å². The average molecular weight is 330 g/mol. The van der Waals surface area contributed by atoms with Gasteiger partial charge < -0.3 is 15.2 Å². The Morgan fingerprint density at radius 1 is 1.53 bits per heavy atom. The lowest BCUT2D eigenvalue weighted by molar-refractivity contribution is -0.121. The molecule has 0 aromatic heterocycles. The highest BCUT2D eigenvalue weighted by atomic mass is 79.9. The predicted molar refractivity (Wildman–Crippen MR) is 78.2 cm³/mol. The topological polar surface area (TPSA) is 58.6 Å². The molecule has 0 saturated carbocycles. The number of amides is 1. The lowest BCUT2D eigenvalue weighted by Gasteiger charge is -2.18. The number of nitrogens with one attached hydrogen (secondary N) is 1. The van der Waals surface area contributed by atoms with E-state index in [1.165, 1.54) is 0 Å². The van der Waals surface area contributed by atoms with Gasteiger partial charge in [0.2, 0.25) is 5.91 Å². The Kier molecular flexibility index (Phi) is 6.87. The van der Waals surface area contributed by atoms with Crippen molar-refractivity contribution in [3.05, 3.63) is 28.2 Å². The van der Waals surface area contributed by atoms with Gasteiger partial charge in [-0.15, -0.1) is 0 Å². The van der Waals surface area contributed by atoms with Crippen LogP contribution in [0.3, 0.4) is 0 Å². The van der Waals surface area contributed by atoms with Gasteiger partial charge in [-0.2, -0.15) is 0 Å². The number of hydrogen-bond donors (Lipinski definition) is 2. The van der Waals surface area contributed by atoms with E-state index in [1.54, 1.807) is 0 Å². The van der Waals surface area contributed by atoms with Crippen molar-refractivity contribution in [2.24, 2.45) is 0 Å². The van der Waals surface area contributed by atoms with E-state index in [-0.39, 0.29) is 18.6 Å². The fourth-order valence-corrected chi connectivity index (χ4v) is 2.00. The molecule has 19 heavy (non-hydrogen) atoms. The summed E-state index contributed by atoms with van der Waals surface area (Å²) in [6, 6.07) is 5.62. The lowest BCUT2D eigenvalue weighted by Crippen LogP contribution is -2.26. The van der Waals surface area contributed by atoms with Gasteiger partial charge in [-0.1, -0.05) is 28.9 Å². The van der Waals surface area contributed by atoms with Crippen LogP contribution in [0.4, 0.5) is 0 Å². The Morgan fingerprint density at radius 3 is 2.89 bits per heavy atom. The molecule has 4 nitrogen and oxygen atoms in total. The second-order valence-electron chi connectivity index (χ2n) is 4.25. The van der Waals surface area contributed by atoms with Crippen molar-refractivity contribution in [1.29, 1.82) is 0 Å². The normalized spacial score (nSPS) is 12.0. The quantitative estimate of drug-likeness (QED) is 0.756. The average Bonchev–Trinajstić information content (AvgIpc) is 2.38. The first-order chi connectivity index (χ1) is 9.08. The van der Waals surface area contributed by atoms with E-state index in [0.29, 0.717) is 19.4 Å². The minimum Gasteiger partial charge on any atom is -0.493 e. The highest BCUT2D eigenvalue weighted by Gasteiger charge is 2.14. The predicted octanol–water partition coefficient (Wildman–Crippen LogP) is 2.80. The number of carbonyl (C=O) groups is 1. The zero-order chi connectivity index (χ0) is 14.3. The first-order valence-corrected chi connectivity index (χ1v) is 7.20. The fourth-order valence-electron chi connectivity index (χ4n) is 1.66. The number of ether oxygens (including phenoxy) is 1. The number of halogens is 1. The number of rotatable bonds is 7. The van der Waals surface area contributed by atoms with Crippen LogP contribution in [0.25, 0.3) is 0 Å². The van der Waals surface area contributed by atoms with E-state index in [2.05, 4.69) is 21.2 Å². The SMILES string of the molecule is CCC(=O)NC(C)c1ccc(Br)cc1OCCCO. The monoisotopic (exact) mass is 329 g/mol. The first-order valence-electron chi connectivity index (χ1n) is 6.41. The Morgan fingerprint density at radius 2 is 2.26 bits per heavy atom. The number of carbonyl (C=O) groups excluding carboxylic acids is 1. The maximum atomic E-state index is 11.4. The third kappa shape index (κ3) is 5.20. The standard InChI is InChI=1S/C14H20BrNO3/c1-3-14(18)16-10(2)12-6-5-11(15)9-13(12)19-8-4-7-17/h5-6,9-10,17H,3-4,7-8H2,1-2H3,(H,16,18). The summed E-state index contributed by atoms with van der Waals surface area (Å²) in [5.74, 6) is 0.739. The molecule has 1 aromatic rings. The van der Waals surface area contributed by atoms with Crippen LogP contribution in [-0.4, -0.2) is 24.2 Å². The molecule has 0 heterocycles. The van der Waals surface area contributed by atoms with Crippen LogP contribution in [0.5, 0.6) is 5.75 Å². The molecule has 1 unspecified atom stereocenters. The molecule has 0 aliphatic rings. The highest BCUT2D eigenvalue weighted by molar-refractivity contribution is 9.10. The Hall–Kier alpha value is -1.07. The molecule has 1 rings (SSSR count). The number of aliphatic hydroxyl groups excluding tert-OH is 1. The smallest absolute Gasteiger partial charge is 0.220 e. The second kappa shape index (κ2) is 8.17. The van der Waals surface area contributed by atoms with Crippen molar-refractivity contribution >= 4 is 21.8 Å².